The number of carbonyl (C=O) groups is 1. The van der Waals surface area contributed by atoms with Crippen LogP contribution in [0.5, 0.6) is 0 Å². The summed E-state index contributed by atoms with van der Waals surface area (Å²) in [5, 5.41) is 10.9. The number of allylic oxidation sites excluding steroid dienone is 3. The first-order valence-corrected chi connectivity index (χ1v) is 11.2. The predicted octanol–water partition coefficient (Wildman–Crippen LogP) is 6.09. The SMILES string of the molecule is CC1(C)CC(=O)C2=C(C1)N(c1ccc(Br)cn1)C(N)=C(C#N)[C@H]2c1ccc(Cl)cc1Cl. The molecule has 0 fully saturated rings. The van der Waals surface area contributed by atoms with Crippen LogP contribution in [0.2, 0.25) is 10.0 Å². The van der Waals surface area contributed by atoms with Gasteiger partial charge >= 0.3 is 0 Å². The van der Waals surface area contributed by atoms with Crippen LogP contribution < -0.4 is 10.6 Å². The minimum atomic E-state index is -0.653. The number of ketones is 1. The van der Waals surface area contributed by atoms with E-state index >= 15 is 0 Å². The lowest BCUT2D eigenvalue weighted by Gasteiger charge is -2.43. The van der Waals surface area contributed by atoms with Crippen LogP contribution in [0.25, 0.3) is 0 Å². The highest BCUT2D eigenvalue weighted by Crippen LogP contribution is 2.51. The summed E-state index contributed by atoms with van der Waals surface area (Å²) in [6, 6.07) is 11.0. The number of hydrogen-bond donors (Lipinski definition) is 1. The summed E-state index contributed by atoms with van der Waals surface area (Å²) < 4.78 is 0.816. The van der Waals surface area contributed by atoms with Gasteiger partial charge < -0.3 is 5.73 Å². The van der Waals surface area contributed by atoms with Crippen molar-refractivity contribution < 1.29 is 4.79 Å². The van der Waals surface area contributed by atoms with Crippen LogP contribution in [-0.2, 0) is 4.79 Å². The normalized spacial score (nSPS) is 20.6. The maximum absolute atomic E-state index is 13.5. The fourth-order valence-corrected chi connectivity index (χ4v) is 5.07. The topological polar surface area (TPSA) is 83.0 Å². The van der Waals surface area contributed by atoms with E-state index in [1.54, 1.807) is 35.4 Å². The van der Waals surface area contributed by atoms with Crippen LogP contribution in [0.15, 0.2) is 63.7 Å². The summed E-state index contributed by atoms with van der Waals surface area (Å²) in [7, 11) is 0. The average Bonchev–Trinajstić information content (AvgIpc) is 2.67. The van der Waals surface area contributed by atoms with Gasteiger partial charge in [0.05, 0.1) is 17.6 Å². The largest absolute Gasteiger partial charge is 0.384 e. The molecule has 8 heteroatoms. The number of nitrogens with two attached hydrogens (primary N) is 1. The molecule has 0 saturated carbocycles. The van der Waals surface area contributed by atoms with E-state index in [-0.39, 0.29) is 22.6 Å². The van der Waals surface area contributed by atoms with Crippen molar-refractivity contribution in [1.82, 2.24) is 4.98 Å². The number of pyridine rings is 1. The molecule has 0 spiro atoms. The number of rotatable bonds is 2. The third kappa shape index (κ3) is 3.87. The standard InChI is InChI=1S/C23H19BrCl2N4O/c1-23(2)8-17-21(18(31)9-23)20(14-5-4-13(25)7-16(14)26)15(10-27)22(28)30(17)19-6-3-12(24)11-29-19/h3-7,11,20H,8-9,28H2,1-2H3/t20-/m1/s1. The van der Waals surface area contributed by atoms with Crippen LogP contribution in [0.4, 0.5) is 5.82 Å². The maximum atomic E-state index is 13.5. The lowest BCUT2D eigenvalue weighted by atomic mass is 9.68. The van der Waals surface area contributed by atoms with Crippen LogP contribution >= 0.6 is 39.1 Å². The van der Waals surface area contributed by atoms with E-state index < -0.39 is 5.92 Å². The van der Waals surface area contributed by atoms with Crippen LogP contribution in [0.3, 0.4) is 0 Å². The highest BCUT2D eigenvalue weighted by Gasteiger charge is 2.45. The molecule has 0 saturated heterocycles. The number of anilines is 1. The van der Waals surface area contributed by atoms with Crippen LogP contribution in [0, 0.1) is 16.7 Å². The van der Waals surface area contributed by atoms with Crippen molar-refractivity contribution in [2.45, 2.75) is 32.6 Å². The maximum Gasteiger partial charge on any atom is 0.162 e. The Balaban J connectivity index is 2.01. The highest BCUT2D eigenvalue weighted by atomic mass is 79.9. The molecule has 2 aliphatic rings. The molecule has 0 bridgehead atoms. The molecule has 2 N–H and O–H groups in total. The number of aromatic nitrogens is 1. The molecule has 0 amide bonds. The molecule has 1 aliphatic carbocycles. The summed E-state index contributed by atoms with van der Waals surface area (Å²) >= 11 is 16.0. The average molecular weight is 518 g/mol. The summed E-state index contributed by atoms with van der Waals surface area (Å²) in [5.74, 6) is 0.120. The second kappa shape index (κ2) is 7.98. The summed E-state index contributed by atoms with van der Waals surface area (Å²) in [6.45, 7) is 4.09. The van der Waals surface area contributed by atoms with Gasteiger partial charge in [0.1, 0.15) is 11.6 Å². The zero-order chi connectivity index (χ0) is 22.5. The Labute approximate surface area is 199 Å². The Morgan fingerprint density at radius 1 is 1.26 bits per heavy atom. The Morgan fingerprint density at radius 2 is 2.00 bits per heavy atom. The Morgan fingerprint density at radius 3 is 2.61 bits per heavy atom. The quantitative estimate of drug-likeness (QED) is 0.521. The minimum absolute atomic E-state index is 0.0235. The number of halogens is 3. The third-order valence-electron chi connectivity index (χ3n) is 5.60. The van der Waals surface area contributed by atoms with Gasteiger partial charge in [0.15, 0.2) is 5.78 Å². The van der Waals surface area contributed by atoms with Crippen molar-refractivity contribution in [2.24, 2.45) is 11.1 Å². The summed E-state index contributed by atoms with van der Waals surface area (Å²) in [6.07, 6.45) is 2.63. The second-order valence-electron chi connectivity index (χ2n) is 8.48. The highest BCUT2D eigenvalue weighted by molar-refractivity contribution is 9.10. The van der Waals surface area contributed by atoms with Gasteiger partial charge in [0.2, 0.25) is 0 Å². The molecule has 5 nitrogen and oxygen atoms in total. The fourth-order valence-electron chi connectivity index (χ4n) is 4.32. The van der Waals surface area contributed by atoms with Gasteiger partial charge in [-0.15, -0.1) is 0 Å². The fraction of sp³-hybridized carbons (Fsp3) is 0.261. The molecule has 2 heterocycles. The van der Waals surface area contributed by atoms with Crippen molar-refractivity contribution in [2.75, 3.05) is 4.90 Å². The molecule has 1 aliphatic heterocycles. The Kier molecular flexibility index (Phi) is 5.63. The lowest BCUT2D eigenvalue weighted by Crippen LogP contribution is -2.42. The molecule has 2 aromatic rings. The molecule has 1 atom stereocenters. The van der Waals surface area contributed by atoms with E-state index in [4.69, 9.17) is 28.9 Å². The zero-order valence-corrected chi connectivity index (χ0v) is 20.0. The Hall–Kier alpha value is -2.33. The molecule has 0 radical (unpaired) electrons. The molecule has 31 heavy (non-hydrogen) atoms. The van der Waals surface area contributed by atoms with E-state index in [0.717, 1.165) is 10.2 Å². The molecule has 1 aromatic carbocycles. The lowest BCUT2D eigenvalue weighted by molar-refractivity contribution is -0.118. The first-order valence-electron chi connectivity index (χ1n) is 9.65. The molecular weight excluding hydrogens is 499 g/mol. The number of Topliss-reactive ketones (excluding diaryl/α,β-unsaturated/α-hetero) is 1. The molecular formula is C23H19BrCl2N4O. The van der Waals surface area contributed by atoms with E-state index in [1.807, 2.05) is 19.9 Å². The number of benzene rings is 1. The van der Waals surface area contributed by atoms with Crippen molar-refractivity contribution in [1.29, 1.82) is 5.26 Å². The molecule has 158 valence electrons. The van der Waals surface area contributed by atoms with Crippen LogP contribution in [-0.4, -0.2) is 10.8 Å². The number of carbonyl (C=O) groups excluding carboxylic acids is 1. The molecule has 4 rings (SSSR count). The summed E-state index contributed by atoms with van der Waals surface area (Å²) in [5.41, 5.74) is 8.50. The third-order valence-corrected chi connectivity index (χ3v) is 6.63. The van der Waals surface area contributed by atoms with Crippen molar-refractivity contribution in [3.63, 3.8) is 0 Å². The van der Waals surface area contributed by atoms with Crippen molar-refractivity contribution in [3.05, 3.63) is 79.3 Å². The number of nitriles is 1. The monoisotopic (exact) mass is 516 g/mol. The van der Waals surface area contributed by atoms with Gasteiger partial charge in [0, 0.05) is 38.4 Å². The second-order valence-corrected chi connectivity index (χ2v) is 10.2. The molecule has 1 aromatic heterocycles. The van der Waals surface area contributed by atoms with E-state index in [0.29, 0.717) is 39.8 Å². The van der Waals surface area contributed by atoms with Gasteiger partial charge in [-0.05, 0) is 57.6 Å². The Bertz CT molecular complexity index is 1200. The molecule has 0 unspecified atom stereocenters. The minimum Gasteiger partial charge on any atom is -0.384 e. The first-order chi connectivity index (χ1) is 14.6. The predicted molar refractivity (Wildman–Crippen MR) is 125 cm³/mol. The van der Waals surface area contributed by atoms with Gasteiger partial charge in [-0.25, -0.2) is 4.98 Å². The number of hydrogen-bond acceptors (Lipinski definition) is 5. The van der Waals surface area contributed by atoms with E-state index in [9.17, 15) is 10.1 Å². The van der Waals surface area contributed by atoms with Gasteiger partial charge in [-0.2, -0.15) is 5.26 Å². The van der Waals surface area contributed by atoms with E-state index in [2.05, 4.69) is 27.0 Å². The van der Waals surface area contributed by atoms with Crippen molar-refractivity contribution >= 4 is 50.7 Å². The zero-order valence-electron chi connectivity index (χ0n) is 16.9. The first kappa shape index (κ1) is 21.9. The van der Waals surface area contributed by atoms with Crippen molar-refractivity contribution in [3.8, 4) is 6.07 Å². The van der Waals surface area contributed by atoms with E-state index in [1.165, 1.54) is 0 Å². The van der Waals surface area contributed by atoms with Gasteiger partial charge in [0.25, 0.3) is 0 Å². The smallest absolute Gasteiger partial charge is 0.162 e. The van der Waals surface area contributed by atoms with Gasteiger partial charge in [-0.3, -0.25) is 9.69 Å². The summed E-state index contributed by atoms with van der Waals surface area (Å²) in [4.78, 5) is 19.7. The van der Waals surface area contributed by atoms with Gasteiger partial charge in [-0.1, -0.05) is 43.1 Å². The number of nitrogens with zero attached hydrogens (tertiary/aromatic N) is 3. The van der Waals surface area contributed by atoms with Crippen LogP contribution in [0.1, 0.15) is 38.2 Å².